The first kappa shape index (κ1) is 26.4. The molecule has 2 N–H and O–H groups in total. The Bertz CT molecular complexity index is 1130. The van der Waals surface area contributed by atoms with Crippen molar-refractivity contribution < 1.29 is 31.9 Å². The van der Waals surface area contributed by atoms with Crippen LogP contribution in [0, 0.1) is 5.82 Å². The van der Waals surface area contributed by atoms with Crippen molar-refractivity contribution >= 4 is 29.1 Å². The van der Waals surface area contributed by atoms with Gasteiger partial charge in [0.1, 0.15) is 11.9 Å². The van der Waals surface area contributed by atoms with E-state index in [1.807, 2.05) is 4.90 Å². The highest BCUT2D eigenvalue weighted by atomic mass is 19.4. The number of piperazine rings is 2. The largest absolute Gasteiger partial charge is 0.416 e. The average molecular weight is 522 g/mol. The van der Waals surface area contributed by atoms with E-state index in [9.17, 15) is 31.9 Å². The van der Waals surface area contributed by atoms with Crippen LogP contribution in [0.2, 0.25) is 0 Å². The molecule has 0 spiro atoms. The number of carbonyl (C=O) groups excluding carboxylic acids is 3. The predicted octanol–water partition coefficient (Wildman–Crippen LogP) is 2.32. The molecule has 198 valence electrons. The van der Waals surface area contributed by atoms with E-state index < -0.39 is 29.6 Å². The van der Waals surface area contributed by atoms with E-state index in [-0.39, 0.29) is 43.5 Å². The highest BCUT2D eigenvalue weighted by Gasteiger charge is 2.36. The fourth-order valence-corrected chi connectivity index (χ4v) is 4.48. The van der Waals surface area contributed by atoms with Crippen LogP contribution in [0.1, 0.15) is 12.0 Å². The van der Waals surface area contributed by atoms with Crippen LogP contribution in [0.4, 0.5) is 28.9 Å². The lowest BCUT2D eigenvalue weighted by Crippen LogP contribution is -2.60. The van der Waals surface area contributed by atoms with Gasteiger partial charge in [0.2, 0.25) is 17.7 Å². The maximum atomic E-state index is 13.2. The Morgan fingerprint density at radius 3 is 2.38 bits per heavy atom. The molecule has 0 aromatic heterocycles. The van der Waals surface area contributed by atoms with Gasteiger partial charge in [-0.3, -0.25) is 19.3 Å². The summed E-state index contributed by atoms with van der Waals surface area (Å²) in [6.07, 6.45) is -4.94. The minimum atomic E-state index is -4.56. The molecule has 2 heterocycles. The van der Waals surface area contributed by atoms with E-state index >= 15 is 0 Å². The van der Waals surface area contributed by atoms with Crippen molar-refractivity contribution in [1.82, 2.24) is 15.1 Å². The number of benzene rings is 2. The van der Waals surface area contributed by atoms with Gasteiger partial charge in [-0.25, -0.2) is 4.39 Å². The van der Waals surface area contributed by atoms with Crippen molar-refractivity contribution in [2.75, 3.05) is 56.0 Å². The van der Waals surface area contributed by atoms with E-state index in [1.54, 1.807) is 12.1 Å². The number of nitrogens with zero attached hydrogens (tertiary/aromatic N) is 3. The van der Waals surface area contributed by atoms with Crippen LogP contribution in [0.5, 0.6) is 0 Å². The molecule has 37 heavy (non-hydrogen) atoms. The highest BCUT2D eigenvalue weighted by Crippen LogP contribution is 2.30. The Morgan fingerprint density at radius 1 is 1.00 bits per heavy atom. The van der Waals surface area contributed by atoms with Gasteiger partial charge in [-0.1, -0.05) is 6.07 Å². The lowest BCUT2D eigenvalue weighted by molar-refractivity contribution is -0.145. The summed E-state index contributed by atoms with van der Waals surface area (Å²) in [4.78, 5) is 43.6. The first-order valence-corrected chi connectivity index (χ1v) is 11.9. The topological polar surface area (TPSA) is 85.0 Å². The molecule has 8 nitrogen and oxygen atoms in total. The summed E-state index contributed by atoms with van der Waals surface area (Å²) in [5, 5.41) is 5.03. The maximum Gasteiger partial charge on any atom is 0.416 e. The van der Waals surface area contributed by atoms with Gasteiger partial charge in [-0.2, -0.15) is 13.2 Å². The van der Waals surface area contributed by atoms with Crippen LogP contribution in [-0.4, -0.2) is 79.4 Å². The van der Waals surface area contributed by atoms with Gasteiger partial charge < -0.3 is 20.4 Å². The number of hydrogen-bond acceptors (Lipinski definition) is 5. The smallest absolute Gasteiger partial charge is 0.369 e. The predicted molar refractivity (Wildman–Crippen MR) is 128 cm³/mol. The summed E-state index contributed by atoms with van der Waals surface area (Å²) in [6.45, 7) is 2.99. The minimum Gasteiger partial charge on any atom is -0.369 e. The molecule has 0 aliphatic carbocycles. The lowest BCUT2D eigenvalue weighted by atomic mass is 10.1. The van der Waals surface area contributed by atoms with Crippen LogP contribution in [0.3, 0.4) is 0 Å². The molecule has 0 bridgehead atoms. The molecule has 12 heteroatoms. The molecule has 1 atom stereocenters. The molecule has 2 saturated heterocycles. The first-order valence-electron chi connectivity index (χ1n) is 11.9. The van der Waals surface area contributed by atoms with Crippen molar-refractivity contribution in [2.45, 2.75) is 18.6 Å². The number of carbonyl (C=O) groups is 3. The number of amides is 3. The van der Waals surface area contributed by atoms with Gasteiger partial charge >= 0.3 is 6.18 Å². The Morgan fingerprint density at radius 2 is 1.70 bits per heavy atom. The summed E-state index contributed by atoms with van der Waals surface area (Å²) in [5.41, 5.74) is -0.0584. The number of anilines is 2. The van der Waals surface area contributed by atoms with Crippen LogP contribution in [0.25, 0.3) is 0 Å². The summed E-state index contributed by atoms with van der Waals surface area (Å²) in [5.74, 6) is -1.77. The summed E-state index contributed by atoms with van der Waals surface area (Å²) >= 11 is 0. The standard InChI is InChI=1S/C25H27F4N5O3/c26-18-4-6-20(7-5-18)33-12-10-32(11-13-33)16-23(36)34-9-8-30-24(37)21(34)15-22(35)31-19-3-1-2-17(14-19)25(27,28)29/h1-7,14,21H,8-13,15-16H2,(H,30,37)(H,31,35)/t21-/m1/s1. The number of halogens is 4. The minimum absolute atomic E-state index is 0.0482. The third-order valence-corrected chi connectivity index (χ3v) is 6.43. The Hall–Kier alpha value is -3.67. The molecular weight excluding hydrogens is 494 g/mol. The van der Waals surface area contributed by atoms with Gasteiger partial charge in [0.25, 0.3) is 0 Å². The zero-order valence-corrected chi connectivity index (χ0v) is 19.9. The van der Waals surface area contributed by atoms with E-state index in [0.717, 1.165) is 17.8 Å². The fraction of sp³-hybridized carbons (Fsp3) is 0.400. The van der Waals surface area contributed by atoms with Gasteiger partial charge in [0.15, 0.2) is 0 Å². The van der Waals surface area contributed by atoms with Gasteiger partial charge in [0.05, 0.1) is 18.5 Å². The first-order chi connectivity index (χ1) is 17.6. The Labute approximate surface area is 211 Å². The third kappa shape index (κ3) is 6.76. The van der Waals surface area contributed by atoms with Gasteiger partial charge in [-0.15, -0.1) is 0 Å². The molecule has 2 aliphatic heterocycles. The van der Waals surface area contributed by atoms with Crippen molar-refractivity contribution in [1.29, 1.82) is 0 Å². The van der Waals surface area contributed by atoms with Crippen LogP contribution in [0.15, 0.2) is 48.5 Å². The number of rotatable bonds is 6. The molecule has 3 amide bonds. The van der Waals surface area contributed by atoms with Crippen LogP contribution in [-0.2, 0) is 20.6 Å². The molecule has 2 fully saturated rings. The second kappa shape index (κ2) is 11.2. The average Bonchev–Trinajstić information content (AvgIpc) is 2.86. The molecule has 0 unspecified atom stereocenters. The molecule has 2 aromatic carbocycles. The zero-order valence-electron chi connectivity index (χ0n) is 19.9. The summed E-state index contributed by atoms with van der Waals surface area (Å²) in [7, 11) is 0. The molecule has 2 aromatic rings. The molecule has 2 aliphatic rings. The highest BCUT2D eigenvalue weighted by molar-refractivity contribution is 5.97. The van der Waals surface area contributed by atoms with Crippen molar-refractivity contribution in [3.63, 3.8) is 0 Å². The molecular formula is C25H27F4N5O3. The normalized spacial score (nSPS) is 18.9. The number of hydrogen-bond donors (Lipinski definition) is 2. The van der Waals surface area contributed by atoms with E-state index in [2.05, 4.69) is 15.5 Å². The molecule has 4 rings (SSSR count). The second-order valence-corrected chi connectivity index (χ2v) is 8.96. The maximum absolute atomic E-state index is 13.2. The monoisotopic (exact) mass is 521 g/mol. The Balaban J connectivity index is 1.33. The second-order valence-electron chi connectivity index (χ2n) is 8.96. The van der Waals surface area contributed by atoms with Crippen molar-refractivity contribution in [2.24, 2.45) is 0 Å². The van der Waals surface area contributed by atoms with Crippen molar-refractivity contribution in [3.05, 3.63) is 59.9 Å². The quantitative estimate of drug-likeness (QED) is 0.571. The number of alkyl halides is 3. The van der Waals surface area contributed by atoms with Crippen LogP contribution < -0.4 is 15.5 Å². The Kier molecular flexibility index (Phi) is 7.96. The van der Waals surface area contributed by atoms with E-state index in [0.29, 0.717) is 26.2 Å². The van der Waals surface area contributed by atoms with Gasteiger partial charge in [-0.05, 0) is 42.5 Å². The third-order valence-electron chi connectivity index (χ3n) is 6.43. The SMILES string of the molecule is O=C(C[C@@H]1C(=O)NCCN1C(=O)CN1CCN(c2ccc(F)cc2)CC1)Nc1cccc(C(F)(F)F)c1. The van der Waals surface area contributed by atoms with Crippen molar-refractivity contribution in [3.8, 4) is 0 Å². The zero-order chi connectivity index (χ0) is 26.6. The molecule has 0 radical (unpaired) electrons. The fourth-order valence-electron chi connectivity index (χ4n) is 4.48. The lowest BCUT2D eigenvalue weighted by Gasteiger charge is -2.39. The summed E-state index contributed by atoms with van der Waals surface area (Å²) in [6, 6.07) is 9.35. The van der Waals surface area contributed by atoms with E-state index in [4.69, 9.17) is 0 Å². The molecule has 0 saturated carbocycles. The van der Waals surface area contributed by atoms with Crippen LogP contribution >= 0.6 is 0 Å². The van der Waals surface area contributed by atoms with E-state index in [1.165, 1.54) is 29.2 Å². The van der Waals surface area contributed by atoms with Gasteiger partial charge in [0, 0.05) is 50.6 Å². The number of nitrogens with one attached hydrogen (secondary N) is 2. The summed E-state index contributed by atoms with van der Waals surface area (Å²) < 4.78 is 52.0.